The van der Waals surface area contributed by atoms with E-state index in [1.54, 1.807) is 0 Å². The van der Waals surface area contributed by atoms with Crippen LogP contribution in [0.1, 0.15) is 12.0 Å². The van der Waals surface area contributed by atoms with E-state index in [0.29, 0.717) is 0 Å². The van der Waals surface area contributed by atoms with Crippen molar-refractivity contribution in [2.75, 3.05) is 7.11 Å². The highest BCUT2D eigenvalue weighted by Gasteiger charge is 2.15. The molecular weight excluding hydrogens is 196 g/mol. The molecular formula is C8H7F2NO3. The van der Waals surface area contributed by atoms with Crippen molar-refractivity contribution < 1.29 is 18.4 Å². The van der Waals surface area contributed by atoms with Crippen LogP contribution in [0.3, 0.4) is 0 Å². The van der Waals surface area contributed by atoms with Crippen molar-refractivity contribution in [2.24, 2.45) is 0 Å². The molecule has 6 heteroatoms. The van der Waals surface area contributed by atoms with E-state index in [0.717, 1.165) is 18.2 Å². The summed E-state index contributed by atoms with van der Waals surface area (Å²) in [5.41, 5.74) is -0.823. The van der Waals surface area contributed by atoms with Gasteiger partial charge >= 0.3 is 0 Å². The summed E-state index contributed by atoms with van der Waals surface area (Å²) in [6.07, 6.45) is -2.75. The molecule has 0 saturated carbocycles. The van der Waals surface area contributed by atoms with E-state index < -0.39 is 22.6 Å². The van der Waals surface area contributed by atoms with Gasteiger partial charge < -0.3 is 4.74 Å². The van der Waals surface area contributed by atoms with Gasteiger partial charge in [0, 0.05) is 11.6 Å². The van der Waals surface area contributed by atoms with Crippen molar-refractivity contribution in [1.29, 1.82) is 0 Å². The fourth-order valence-corrected chi connectivity index (χ4v) is 0.955. The minimum absolute atomic E-state index is 0.0505. The van der Waals surface area contributed by atoms with Gasteiger partial charge in [0.2, 0.25) is 0 Å². The molecule has 1 aromatic carbocycles. The van der Waals surface area contributed by atoms with Crippen LogP contribution in [0.2, 0.25) is 0 Å². The normalized spacial score (nSPS) is 10.3. The van der Waals surface area contributed by atoms with Gasteiger partial charge in [-0.3, -0.25) is 10.1 Å². The van der Waals surface area contributed by atoms with Crippen molar-refractivity contribution in [3.63, 3.8) is 0 Å². The topological polar surface area (TPSA) is 52.4 Å². The molecule has 0 amide bonds. The summed E-state index contributed by atoms with van der Waals surface area (Å²) in [5.74, 6) is 0.0505. The summed E-state index contributed by atoms with van der Waals surface area (Å²) in [7, 11) is 1.26. The number of non-ortho nitro benzene ring substituents is 1. The number of hydrogen-bond acceptors (Lipinski definition) is 3. The first-order chi connectivity index (χ1) is 6.54. The third-order valence-corrected chi connectivity index (χ3v) is 1.61. The van der Waals surface area contributed by atoms with Gasteiger partial charge in [0.15, 0.2) is 0 Å². The fourth-order valence-electron chi connectivity index (χ4n) is 0.955. The highest BCUT2D eigenvalue weighted by molar-refractivity contribution is 5.43. The number of nitro groups is 1. The Morgan fingerprint density at radius 1 is 1.43 bits per heavy atom. The Morgan fingerprint density at radius 2 is 2.07 bits per heavy atom. The number of rotatable bonds is 3. The van der Waals surface area contributed by atoms with Crippen LogP contribution >= 0.6 is 0 Å². The number of benzene rings is 1. The molecule has 0 spiro atoms. The lowest BCUT2D eigenvalue weighted by molar-refractivity contribution is -0.385. The molecule has 0 unspecified atom stereocenters. The Morgan fingerprint density at radius 3 is 2.50 bits per heavy atom. The molecule has 14 heavy (non-hydrogen) atoms. The molecule has 0 heterocycles. The van der Waals surface area contributed by atoms with Crippen LogP contribution in [0.5, 0.6) is 5.75 Å². The van der Waals surface area contributed by atoms with Crippen LogP contribution in [0.4, 0.5) is 14.5 Å². The van der Waals surface area contributed by atoms with Gasteiger partial charge in [-0.2, -0.15) is 0 Å². The zero-order chi connectivity index (χ0) is 10.7. The van der Waals surface area contributed by atoms with Crippen LogP contribution in [0.15, 0.2) is 18.2 Å². The second-order valence-electron chi connectivity index (χ2n) is 2.52. The Kier molecular flexibility index (Phi) is 2.95. The summed E-state index contributed by atoms with van der Waals surface area (Å²) in [6, 6.07) is 2.98. The van der Waals surface area contributed by atoms with E-state index in [4.69, 9.17) is 0 Å². The Bertz CT molecular complexity index is 354. The minimum atomic E-state index is -2.75. The van der Waals surface area contributed by atoms with E-state index in [-0.39, 0.29) is 5.75 Å². The molecule has 1 aromatic rings. The standard InChI is InChI=1S/C8H7F2NO3/c1-14-7-3-5(8(9)10)2-6(4-7)11(12)13/h2-4,8H,1H3. The zero-order valence-corrected chi connectivity index (χ0v) is 7.24. The lowest BCUT2D eigenvalue weighted by Gasteiger charge is -2.03. The largest absolute Gasteiger partial charge is 0.496 e. The first kappa shape index (κ1) is 10.4. The summed E-state index contributed by atoms with van der Waals surface area (Å²) in [4.78, 5) is 9.61. The molecule has 1 rings (SSSR count). The molecule has 0 saturated heterocycles. The van der Waals surface area contributed by atoms with Gasteiger partial charge in [-0.15, -0.1) is 0 Å². The molecule has 0 fully saturated rings. The summed E-state index contributed by atoms with van der Waals surface area (Å²) < 4.78 is 29.2. The van der Waals surface area contributed by atoms with Gasteiger partial charge in [-0.05, 0) is 6.07 Å². The van der Waals surface area contributed by atoms with Gasteiger partial charge in [0.25, 0.3) is 12.1 Å². The SMILES string of the molecule is COc1cc(C(F)F)cc([N+](=O)[O-])c1. The van der Waals surface area contributed by atoms with Crippen LogP contribution in [0.25, 0.3) is 0 Å². The van der Waals surface area contributed by atoms with Crippen molar-refractivity contribution in [3.8, 4) is 5.75 Å². The predicted molar refractivity (Wildman–Crippen MR) is 44.6 cm³/mol. The number of alkyl halides is 2. The number of hydrogen-bond donors (Lipinski definition) is 0. The van der Waals surface area contributed by atoms with Crippen molar-refractivity contribution in [3.05, 3.63) is 33.9 Å². The monoisotopic (exact) mass is 203 g/mol. The molecule has 76 valence electrons. The third-order valence-electron chi connectivity index (χ3n) is 1.61. The maximum atomic E-state index is 12.2. The highest BCUT2D eigenvalue weighted by atomic mass is 19.3. The quantitative estimate of drug-likeness (QED) is 0.560. The van der Waals surface area contributed by atoms with Gasteiger partial charge in [0.1, 0.15) is 5.75 Å². The van der Waals surface area contributed by atoms with E-state index in [1.165, 1.54) is 7.11 Å². The number of halogens is 2. The fraction of sp³-hybridized carbons (Fsp3) is 0.250. The lowest BCUT2D eigenvalue weighted by Crippen LogP contribution is -1.93. The second kappa shape index (κ2) is 3.99. The molecule has 0 aliphatic carbocycles. The van der Waals surface area contributed by atoms with E-state index >= 15 is 0 Å². The predicted octanol–water partition coefficient (Wildman–Crippen LogP) is 2.54. The number of nitro benzene ring substituents is 1. The van der Waals surface area contributed by atoms with Gasteiger partial charge in [0.05, 0.1) is 18.1 Å². The maximum Gasteiger partial charge on any atom is 0.273 e. The molecule has 0 atom stereocenters. The van der Waals surface area contributed by atoms with Gasteiger partial charge in [-0.25, -0.2) is 8.78 Å². The smallest absolute Gasteiger partial charge is 0.273 e. The molecule has 0 aliphatic rings. The number of methoxy groups -OCH3 is 1. The van der Waals surface area contributed by atoms with Crippen LogP contribution in [-0.4, -0.2) is 12.0 Å². The van der Waals surface area contributed by atoms with E-state index in [1.807, 2.05) is 0 Å². The maximum absolute atomic E-state index is 12.2. The molecule has 0 aromatic heterocycles. The minimum Gasteiger partial charge on any atom is -0.496 e. The zero-order valence-electron chi connectivity index (χ0n) is 7.24. The molecule has 0 aliphatic heterocycles. The summed E-state index contributed by atoms with van der Waals surface area (Å²) >= 11 is 0. The molecule has 0 N–H and O–H groups in total. The van der Waals surface area contributed by atoms with E-state index in [9.17, 15) is 18.9 Å². The van der Waals surface area contributed by atoms with Crippen molar-refractivity contribution in [1.82, 2.24) is 0 Å². The van der Waals surface area contributed by atoms with Crippen molar-refractivity contribution >= 4 is 5.69 Å². The summed E-state index contributed by atoms with van der Waals surface area (Å²) in [6.45, 7) is 0. The average molecular weight is 203 g/mol. The average Bonchev–Trinajstić information content (AvgIpc) is 2.16. The number of ether oxygens (including phenoxy) is 1. The molecule has 0 bridgehead atoms. The van der Waals surface area contributed by atoms with Crippen LogP contribution in [-0.2, 0) is 0 Å². The highest BCUT2D eigenvalue weighted by Crippen LogP contribution is 2.28. The lowest BCUT2D eigenvalue weighted by atomic mass is 10.2. The Balaban J connectivity index is 3.20. The number of nitrogens with zero attached hydrogens (tertiary/aromatic N) is 1. The van der Waals surface area contributed by atoms with Crippen molar-refractivity contribution in [2.45, 2.75) is 6.43 Å². The third kappa shape index (κ3) is 2.15. The van der Waals surface area contributed by atoms with Crippen LogP contribution < -0.4 is 4.74 Å². The summed E-state index contributed by atoms with van der Waals surface area (Å²) in [5, 5.41) is 10.3. The van der Waals surface area contributed by atoms with Crippen LogP contribution in [0, 0.1) is 10.1 Å². The molecule has 4 nitrogen and oxygen atoms in total. The molecule has 0 radical (unpaired) electrons. The van der Waals surface area contributed by atoms with Gasteiger partial charge in [-0.1, -0.05) is 0 Å². The Labute approximate surface area is 78.3 Å². The second-order valence-corrected chi connectivity index (χ2v) is 2.52. The first-order valence-electron chi connectivity index (χ1n) is 3.66. The first-order valence-corrected chi connectivity index (χ1v) is 3.66. The Hall–Kier alpha value is -1.72. The van der Waals surface area contributed by atoms with E-state index in [2.05, 4.69) is 4.74 Å².